The van der Waals surface area contributed by atoms with Crippen LogP contribution in [0.15, 0.2) is 33.7 Å². The van der Waals surface area contributed by atoms with Crippen molar-refractivity contribution in [3.8, 4) is 0 Å². The number of carboxylic acids is 1. The Morgan fingerprint density at radius 1 is 1.19 bits per heavy atom. The van der Waals surface area contributed by atoms with E-state index in [-0.39, 0.29) is 17.2 Å². The second-order valence-electron chi connectivity index (χ2n) is 8.43. The molecule has 1 atom stereocenters. The summed E-state index contributed by atoms with van der Waals surface area (Å²) >= 11 is 0. The maximum atomic E-state index is 12.4. The number of aliphatic carboxylic acids is 1. The summed E-state index contributed by atoms with van der Waals surface area (Å²) in [6.45, 7) is 1.82. The number of carbonyl (C=O) groups is 2. The molecule has 1 fully saturated rings. The third-order valence-corrected chi connectivity index (χ3v) is 7.21. The molecule has 1 heterocycles. The minimum absolute atomic E-state index is 0.0360. The van der Waals surface area contributed by atoms with Crippen LogP contribution in [0.5, 0.6) is 0 Å². The fourth-order valence-electron chi connectivity index (χ4n) is 4.09. The van der Waals surface area contributed by atoms with Gasteiger partial charge in [-0.05, 0) is 31.4 Å². The van der Waals surface area contributed by atoms with Crippen molar-refractivity contribution < 1.29 is 27.6 Å². The predicted octanol–water partition coefficient (Wildman–Crippen LogP) is 3.81. The molecule has 2 aromatic rings. The first-order valence-corrected chi connectivity index (χ1v) is 12.4. The van der Waals surface area contributed by atoms with Gasteiger partial charge in [0.1, 0.15) is 0 Å². The molecule has 1 aromatic heterocycles. The zero-order valence-electron chi connectivity index (χ0n) is 18.1. The van der Waals surface area contributed by atoms with E-state index in [1.54, 1.807) is 12.1 Å². The molecular formula is C22H29N3O6S. The molecule has 0 saturated heterocycles. The van der Waals surface area contributed by atoms with E-state index >= 15 is 0 Å². The molecule has 32 heavy (non-hydrogen) atoms. The number of hydrogen-bond donors (Lipinski definition) is 2. The van der Waals surface area contributed by atoms with Crippen molar-refractivity contribution >= 4 is 21.9 Å². The molecular weight excluding hydrogens is 434 g/mol. The number of rotatable bonds is 10. The average Bonchev–Trinajstić information content (AvgIpc) is 3.24. The van der Waals surface area contributed by atoms with Crippen molar-refractivity contribution in [2.45, 2.75) is 75.5 Å². The fraction of sp³-hybridized carbons (Fsp3) is 0.545. The largest absolute Gasteiger partial charge is 0.481 e. The highest BCUT2D eigenvalue weighted by molar-refractivity contribution is 7.90. The van der Waals surface area contributed by atoms with Crippen molar-refractivity contribution in [3.63, 3.8) is 0 Å². The number of carbonyl (C=O) groups excluding carboxylic acids is 1. The highest BCUT2D eigenvalue weighted by Gasteiger charge is 2.27. The van der Waals surface area contributed by atoms with Gasteiger partial charge in [0, 0.05) is 5.92 Å². The summed E-state index contributed by atoms with van der Waals surface area (Å²) in [7, 11) is -4.10. The molecule has 1 saturated carbocycles. The zero-order chi connectivity index (χ0) is 23.1. The first kappa shape index (κ1) is 23.9. The van der Waals surface area contributed by atoms with Gasteiger partial charge >= 0.3 is 11.9 Å². The van der Waals surface area contributed by atoms with Crippen molar-refractivity contribution in [2.75, 3.05) is 0 Å². The maximum Gasteiger partial charge on any atom is 0.306 e. The van der Waals surface area contributed by atoms with E-state index < -0.39 is 33.6 Å². The molecule has 0 aliphatic heterocycles. The van der Waals surface area contributed by atoms with Gasteiger partial charge in [0.05, 0.1) is 11.3 Å². The minimum atomic E-state index is -4.10. The van der Waals surface area contributed by atoms with Gasteiger partial charge in [-0.1, -0.05) is 67.8 Å². The van der Waals surface area contributed by atoms with Gasteiger partial charge in [-0.3, -0.25) is 9.59 Å². The first-order chi connectivity index (χ1) is 15.2. The van der Waals surface area contributed by atoms with Gasteiger partial charge in [0.2, 0.25) is 5.89 Å². The lowest BCUT2D eigenvalue weighted by Gasteiger charge is -2.21. The second-order valence-corrected chi connectivity index (χ2v) is 10.1. The molecule has 1 aliphatic carbocycles. The van der Waals surface area contributed by atoms with Crippen LogP contribution in [0, 0.1) is 12.8 Å². The van der Waals surface area contributed by atoms with Crippen LogP contribution in [0.4, 0.5) is 0 Å². The van der Waals surface area contributed by atoms with Gasteiger partial charge in [0.25, 0.3) is 15.8 Å². The number of carboxylic acid groups (broad SMARTS) is 1. The molecule has 174 valence electrons. The standard InChI is InChI=1S/C22H29N3O6S/c1-15-10-12-18(13-11-15)32(29,30)25-21(28)20-23-22(31-24-20)17(14-19(26)27)9-5-8-16-6-3-2-4-7-16/h10-13,16-17H,2-9,14H2,1H3,(H,25,28)(H,26,27). The van der Waals surface area contributed by atoms with Crippen LogP contribution in [-0.2, 0) is 14.8 Å². The van der Waals surface area contributed by atoms with E-state index in [4.69, 9.17) is 4.52 Å². The average molecular weight is 464 g/mol. The third-order valence-electron chi connectivity index (χ3n) is 5.86. The molecule has 10 heteroatoms. The molecule has 0 radical (unpaired) electrons. The Morgan fingerprint density at radius 2 is 1.88 bits per heavy atom. The SMILES string of the molecule is Cc1ccc(S(=O)(=O)NC(=O)c2noc(C(CCCC3CCCCC3)CC(=O)O)n2)cc1. The van der Waals surface area contributed by atoms with E-state index in [1.807, 2.05) is 11.6 Å². The number of aromatic nitrogens is 2. The Morgan fingerprint density at radius 3 is 2.53 bits per heavy atom. The van der Waals surface area contributed by atoms with E-state index in [9.17, 15) is 23.1 Å². The predicted molar refractivity (Wildman–Crippen MR) is 116 cm³/mol. The molecule has 1 aromatic carbocycles. The second kappa shape index (κ2) is 10.7. The molecule has 3 rings (SSSR count). The van der Waals surface area contributed by atoms with Gasteiger partial charge in [0.15, 0.2) is 0 Å². The Hall–Kier alpha value is -2.75. The van der Waals surface area contributed by atoms with Crippen molar-refractivity contribution in [2.24, 2.45) is 5.92 Å². The lowest BCUT2D eigenvalue weighted by Crippen LogP contribution is -2.31. The first-order valence-electron chi connectivity index (χ1n) is 10.9. The fourth-order valence-corrected chi connectivity index (χ4v) is 5.04. The Bertz CT molecular complexity index is 1030. The van der Waals surface area contributed by atoms with Crippen LogP contribution in [0.3, 0.4) is 0 Å². The highest BCUT2D eigenvalue weighted by atomic mass is 32.2. The van der Waals surface area contributed by atoms with Crippen molar-refractivity contribution in [1.29, 1.82) is 0 Å². The van der Waals surface area contributed by atoms with E-state index in [0.29, 0.717) is 12.3 Å². The minimum Gasteiger partial charge on any atom is -0.481 e. The smallest absolute Gasteiger partial charge is 0.306 e. The Kier molecular flexibility index (Phi) is 8.00. The molecule has 1 amide bonds. The normalized spacial score (nSPS) is 15.9. The van der Waals surface area contributed by atoms with E-state index in [2.05, 4.69) is 10.1 Å². The summed E-state index contributed by atoms with van der Waals surface area (Å²) in [5.41, 5.74) is 0.881. The lowest BCUT2D eigenvalue weighted by atomic mass is 9.84. The molecule has 0 bridgehead atoms. The van der Waals surface area contributed by atoms with Crippen molar-refractivity contribution in [3.05, 3.63) is 41.5 Å². The van der Waals surface area contributed by atoms with E-state index in [1.165, 1.54) is 44.2 Å². The summed E-state index contributed by atoms with van der Waals surface area (Å²) < 4.78 is 31.9. The lowest BCUT2D eigenvalue weighted by molar-refractivity contribution is -0.137. The number of nitrogens with zero attached hydrogens (tertiary/aromatic N) is 2. The number of amides is 1. The number of benzene rings is 1. The van der Waals surface area contributed by atoms with Crippen molar-refractivity contribution in [1.82, 2.24) is 14.9 Å². The van der Waals surface area contributed by atoms with Gasteiger partial charge < -0.3 is 9.63 Å². The van der Waals surface area contributed by atoms with Crippen LogP contribution in [-0.4, -0.2) is 35.5 Å². The summed E-state index contributed by atoms with van der Waals surface area (Å²) in [5.74, 6) is -2.30. The summed E-state index contributed by atoms with van der Waals surface area (Å²) in [4.78, 5) is 27.6. The zero-order valence-corrected chi connectivity index (χ0v) is 18.9. The number of sulfonamides is 1. The maximum absolute atomic E-state index is 12.4. The molecule has 2 N–H and O–H groups in total. The van der Waals surface area contributed by atoms with Crippen LogP contribution in [0.2, 0.25) is 0 Å². The quantitative estimate of drug-likeness (QED) is 0.542. The topological polar surface area (TPSA) is 139 Å². The van der Waals surface area contributed by atoms with Crippen LogP contribution in [0.1, 0.15) is 85.8 Å². The van der Waals surface area contributed by atoms with Crippen LogP contribution in [0.25, 0.3) is 0 Å². The Labute approximate surface area is 187 Å². The number of hydrogen-bond acceptors (Lipinski definition) is 7. The Balaban J connectivity index is 1.64. The highest BCUT2D eigenvalue weighted by Crippen LogP contribution is 2.31. The monoisotopic (exact) mass is 463 g/mol. The van der Waals surface area contributed by atoms with Crippen LogP contribution >= 0.6 is 0 Å². The van der Waals surface area contributed by atoms with Crippen LogP contribution < -0.4 is 4.72 Å². The van der Waals surface area contributed by atoms with Gasteiger partial charge in [-0.15, -0.1) is 0 Å². The molecule has 1 unspecified atom stereocenters. The van der Waals surface area contributed by atoms with Gasteiger partial charge in [-0.2, -0.15) is 4.98 Å². The summed E-state index contributed by atoms with van der Waals surface area (Å²) in [5, 5.41) is 12.8. The van der Waals surface area contributed by atoms with Gasteiger partial charge in [-0.25, -0.2) is 13.1 Å². The summed E-state index contributed by atoms with van der Waals surface area (Å²) in [6.07, 6.45) is 8.40. The van der Waals surface area contributed by atoms with E-state index in [0.717, 1.165) is 18.4 Å². The molecule has 9 nitrogen and oxygen atoms in total. The number of nitrogens with one attached hydrogen (secondary N) is 1. The molecule has 0 spiro atoms. The summed E-state index contributed by atoms with van der Waals surface area (Å²) in [6, 6.07) is 6.02. The number of aryl methyl sites for hydroxylation is 1. The molecule has 1 aliphatic rings. The third kappa shape index (κ3) is 6.62.